The first-order valence-corrected chi connectivity index (χ1v) is 10.2. The summed E-state index contributed by atoms with van der Waals surface area (Å²) in [6.07, 6.45) is 0. The molecule has 27 heavy (non-hydrogen) atoms. The molecule has 0 aliphatic heterocycles. The molecule has 1 amide bonds. The van der Waals surface area contributed by atoms with Crippen molar-refractivity contribution in [1.82, 2.24) is 4.57 Å². The quantitative estimate of drug-likeness (QED) is 0.516. The van der Waals surface area contributed by atoms with E-state index in [-0.39, 0.29) is 5.91 Å². The lowest BCUT2D eigenvalue weighted by atomic mass is 10.1. The number of carbonyl (C=O) groups is 1. The molecule has 0 saturated carbocycles. The molecule has 2 aromatic carbocycles. The third-order valence-corrected chi connectivity index (χ3v) is 5.75. The van der Waals surface area contributed by atoms with Gasteiger partial charge in [-0.3, -0.25) is 4.79 Å². The molecule has 0 atom stereocenters. The van der Waals surface area contributed by atoms with Gasteiger partial charge in [0.25, 0.3) is 5.91 Å². The standard InChI is InChI=1S/C20H20Cl2N2O2S/c1-4-26-6-5-24-17-8-12(2)7-13(3)18(17)27-20(24)23-19(25)14-9-15(21)11-16(22)10-14/h7-11H,4-6H2,1-3H3. The van der Waals surface area contributed by atoms with Gasteiger partial charge in [0, 0.05) is 28.8 Å². The summed E-state index contributed by atoms with van der Waals surface area (Å²) >= 11 is 13.5. The Morgan fingerprint density at radius 2 is 1.85 bits per heavy atom. The van der Waals surface area contributed by atoms with E-state index in [0.717, 1.165) is 10.2 Å². The zero-order valence-electron chi connectivity index (χ0n) is 15.4. The molecule has 3 rings (SSSR count). The Balaban J connectivity index is 2.13. The number of amides is 1. The lowest BCUT2D eigenvalue weighted by Crippen LogP contribution is -2.19. The van der Waals surface area contributed by atoms with Crippen molar-refractivity contribution in [2.45, 2.75) is 27.3 Å². The summed E-state index contributed by atoms with van der Waals surface area (Å²) in [5.74, 6) is -0.370. The fourth-order valence-electron chi connectivity index (χ4n) is 2.94. The Kier molecular flexibility index (Phi) is 6.37. The van der Waals surface area contributed by atoms with Gasteiger partial charge in [-0.05, 0) is 56.2 Å². The number of thiazole rings is 1. The van der Waals surface area contributed by atoms with Crippen LogP contribution in [-0.2, 0) is 11.3 Å². The summed E-state index contributed by atoms with van der Waals surface area (Å²) < 4.78 is 8.67. The summed E-state index contributed by atoms with van der Waals surface area (Å²) in [6.45, 7) is 7.92. The maximum atomic E-state index is 12.7. The summed E-state index contributed by atoms with van der Waals surface area (Å²) in [6, 6.07) is 8.99. The van der Waals surface area contributed by atoms with Crippen molar-refractivity contribution >= 4 is 50.7 Å². The summed E-state index contributed by atoms with van der Waals surface area (Å²) in [5.41, 5.74) is 3.77. The average Bonchev–Trinajstić information content (AvgIpc) is 2.92. The molecule has 0 aliphatic rings. The highest BCUT2D eigenvalue weighted by molar-refractivity contribution is 7.16. The minimum atomic E-state index is -0.370. The van der Waals surface area contributed by atoms with Crippen LogP contribution in [0.3, 0.4) is 0 Å². The molecule has 142 valence electrons. The van der Waals surface area contributed by atoms with E-state index in [0.29, 0.717) is 40.2 Å². The predicted molar refractivity (Wildman–Crippen MR) is 112 cm³/mol. The number of aryl methyl sites for hydroxylation is 2. The molecule has 0 unspecified atom stereocenters. The van der Waals surface area contributed by atoms with E-state index in [1.54, 1.807) is 18.2 Å². The van der Waals surface area contributed by atoms with Crippen LogP contribution < -0.4 is 4.80 Å². The van der Waals surface area contributed by atoms with E-state index in [1.165, 1.54) is 22.5 Å². The molecule has 0 N–H and O–H groups in total. The average molecular weight is 423 g/mol. The van der Waals surface area contributed by atoms with Crippen LogP contribution >= 0.6 is 34.5 Å². The number of hydrogen-bond acceptors (Lipinski definition) is 3. The lowest BCUT2D eigenvalue weighted by molar-refractivity contribution is 0.0996. The van der Waals surface area contributed by atoms with Crippen molar-refractivity contribution in [3.63, 3.8) is 0 Å². The van der Waals surface area contributed by atoms with Gasteiger partial charge in [-0.2, -0.15) is 4.99 Å². The van der Waals surface area contributed by atoms with Crippen LogP contribution in [0.25, 0.3) is 10.2 Å². The SMILES string of the molecule is CCOCCn1c(=NC(=O)c2cc(Cl)cc(Cl)c2)sc2c(C)cc(C)cc21. The van der Waals surface area contributed by atoms with Crippen LogP contribution in [0, 0.1) is 13.8 Å². The zero-order valence-corrected chi connectivity index (χ0v) is 17.7. The number of halogens is 2. The Morgan fingerprint density at radius 3 is 2.52 bits per heavy atom. The predicted octanol–water partition coefficient (Wildman–Crippen LogP) is 5.40. The molecular formula is C20H20Cl2N2O2S. The third-order valence-electron chi connectivity index (χ3n) is 4.08. The van der Waals surface area contributed by atoms with Gasteiger partial charge in [0.05, 0.1) is 16.8 Å². The van der Waals surface area contributed by atoms with Crippen LogP contribution in [0.4, 0.5) is 0 Å². The third kappa shape index (κ3) is 4.61. The first-order valence-electron chi connectivity index (χ1n) is 8.62. The highest BCUT2D eigenvalue weighted by atomic mass is 35.5. The first-order chi connectivity index (χ1) is 12.9. The number of hydrogen-bond donors (Lipinski definition) is 0. The van der Waals surface area contributed by atoms with Crippen molar-refractivity contribution in [1.29, 1.82) is 0 Å². The number of ether oxygens (including phenoxy) is 1. The molecular weight excluding hydrogens is 403 g/mol. The molecule has 0 fully saturated rings. The fraction of sp³-hybridized carbons (Fsp3) is 0.300. The van der Waals surface area contributed by atoms with Crippen molar-refractivity contribution < 1.29 is 9.53 Å². The number of aromatic nitrogens is 1. The van der Waals surface area contributed by atoms with Crippen LogP contribution in [-0.4, -0.2) is 23.7 Å². The van der Waals surface area contributed by atoms with E-state index in [1.807, 2.05) is 11.5 Å². The molecule has 0 bridgehead atoms. The van der Waals surface area contributed by atoms with E-state index in [9.17, 15) is 4.79 Å². The number of carbonyl (C=O) groups excluding carboxylic acids is 1. The molecule has 1 aromatic heterocycles. The van der Waals surface area contributed by atoms with E-state index < -0.39 is 0 Å². The minimum absolute atomic E-state index is 0.370. The van der Waals surface area contributed by atoms with Crippen molar-refractivity contribution in [3.8, 4) is 0 Å². The van der Waals surface area contributed by atoms with Crippen LogP contribution in [0.2, 0.25) is 10.0 Å². The van der Waals surface area contributed by atoms with Crippen LogP contribution in [0.1, 0.15) is 28.4 Å². The topological polar surface area (TPSA) is 43.6 Å². The highest BCUT2D eigenvalue weighted by Crippen LogP contribution is 2.24. The molecule has 3 aromatic rings. The highest BCUT2D eigenvalue weighted by Gasteiger charge is 2.12. The molecule has 0 aliphatic carbocycles. The fourth-order valence-corrected chi connectivity index (χ4v) is 4.57. The van der Waals surface area contributed by atoms with Gasteiger partial charge in [0.2, 0.25) is 0 Å². The Labute approximate surface area is 172 Å². The maximum Gasteiger partial charge on any atom is 0.279 e. The summed E-state index contributed by atoms with van der Waals surface area (Å²) in [7, 11) is 0. The number of benzene rings is 2. The zero-order chi connectivity index (χ0) is 19.6. The summed E-state index contributed by atoms with van der Waals surface area (Å²) in [4.78, 5) is 17.7. The second-order valence-corrected chi connectivity index (χ2v) is 8.09. The molecule has 0 saturated heterocycles. The van der Waals surface area contributed by atoms with Crippen molar-refractivity contribution in [3.05, 3.63) is 61.9 Å². The maximum absolute atomic E-state index is 12.7. The van der Waals surface area contributed by atoms with Gasteiger partial charge in [-0.1, -0.05) is 40.6 Å². The van der Waals surface area contributed by atoms with E-state index in [4.69, 9.17) is 27.9 Å². The molecule has 4 nitrogen and oxygen atoms in total. The largest absolute Gasteiger partial charge is 0.380 e. The van der Waals surface area contributed by atoms with E-state index >= 15 is 0 Å². The van der Waals surface area contributed by atoms with Gasteiger partial charge >= 0.3 is 0 Å². The first kappa shape index (κ1) is 20.1. The van der Waals surface area contributed by atoms with E-state index in [2.05, 4.69) is 31.0 Å². The van der Waals surface area contributed by atoms with Gasteiger partial charge in [-0.25, -0.2) is 0 Å². The lowest BCUT2D eigenvalue weighted by Gasteiger charge is -2.07. The number of fused-ring (bicyclic) bond motifs is 1. The monoisotopic (exact) mass is 422 g/mol. The van der Waals surface area contributed by atoms with Crippen molar-refractivity contribution in [2.24, 2.45) is 4.99 Å². The van der Waals surface area contributed by atoms with Gasteiger partial charge in [-0.15, -0.1) is 0 Å². The van der Waals surface area contributed by atoms with Crippen LogP contribution in [0.5, 0.6) is 0 Å². The molecule has 1 heterocycles. The Bertz CT molecular complexity index is 1050. The van der Waals surface area contributed by atoms with Crippen LogP contribution in [0.15, 0.2) is 35.3 Å². The molecule has 7 heteroatoms. The second kappa shape index (κ2) is 8.57. The Hall–Kier alpha value is -1.66. The number of nitrogens with zero attached hydrogens (tertiary/aromatic N) is 2. The minimum Gasteiger partial charge on any atom is -0.380 e. The normalized spacial score (nSPS) is 12.1. The molecule has 0 radical (unpaired) electrons. The van der Waals surface area contributed by atoms with Gasteiger partial charge < -0.3 is 9.30 Å². The second-order valence-electron chi connectivity index (χ2n) is 6.24. The smallest absolute Gasteiger partial charge is 0.279 e. The summed E-state index contributed by atoms with van der Waals surface area (Å²) in [5, 5.41) is 0.821. The number of rotatable bonds is 5. The van der Waals surface area contributed by atoms with Gasteiger partial charge in [0.15, 0.2) is 4.80 Å². The molecule has 0 spiro atoms. The van der Waals surface area contributed by atoms with Gasteiger partial charge in [0.1, 0.15) is 0 Å². The Morgan fingerprint density at radius 1 is 1.15 bits per heavy atom. The van der Waals surface area contributed by atoms with Crippen molar-refractivity contribution in [2.75, 3.05) is 13.2 Å².